The Kier molecular flexibility index (Phi) is 3.45. The van der Waals surface area contributed by atoms with Crippen molar-refractivity contribution in [3.8, 4) is 0 Å². The van der Waals surface area contributed by atoms with Crippen LogP contribution in [0.1, 0.15) is 79.8 Å². The van der Waals surface area contributed by atoms with E-state index in [0.717, 1.165) is 37.5 Å². The normalized spacial score (nSPS) is 45.7. The number of hydrogen-bond acceptors (Lipinski definition) is 2. The van der Waals surface area contributed by atoms with Gasteiger partial charge in [-0.25, -0.2) is 0 Å². The Labute approximate surface area is 156 Å². The second-order valence-corrected chi connectivity index (χ2v) is 9.78. The van der Waals surface area contributed by atoms with Crippen LogP contribution in [0.2, 0.25) is 0 Å². The molecule has 4 aliphatic carbocycles. The maximum Gasteiger partial charge on any atom is 0.248 e. The van der Waals surface area contributed by atoms with Crippen molar-refractivity contribution in [2.75, 3.05) is 0 Å². The third kappa shape index (κ3) is 1.91. The molecule has 0 radical (unpaired) electrons. The molecular weight excluding hydrogens is 322 g/mol. The molecule has 0 aromatic heterocycles. The summed E-state index contributed by atoms with van der Waals surface area (Å²) in [6, 6.07) is 6.14. The highest BCUT2D eigenvalue weighted by molar-refractivity contribution is 5.93. The van der Waals surface area contributed by atoms with Crippen LogP contribution in [0, 0.1) is 28.6 Å². The lowest BCUT2D eigenvalue weighted by atomic mass is 9.69. The first-order chi connectivity index (χ1) is 12.4. The number of aliphatic hydroxyl groups excluding tert-OH is 1. The Hall–Kier alpha value is -1.35. The third-order valence-corrected chi connectivity index (χ3v) is 9.13. The molecule has 0 aliphatic heterocycles. The summed E-state index contributed by atoms with van der Waals surface area (Å²) in [7, 11) is 0. The quantitative estimate of drug-likeness (QED) is 0.843. The minimum Gasteiger partial charge on any atom is -0.392 e. The summed E-state index contributed by atoms with van der Waals surface area (Å²) in [4.78, 5) is 11.6. The van der Waals surface area contributed by atoms with Crippen LogP contribution in [0.4, 0.5) is 0 Å². The van der Waals surface area contributed by atoms with E-state index in [1.54, 1.807) is 0 Å². The van der Waals surface area contributed by atoms with Crippen LogP contribution < -0.4 is 5.73 Å². The number of benzene rings is 1. The highest BCUT2D eigenvalue weighted by atomic mass is 16.3. The van der Waals surface area contributed by atoms with Crippen molar-refractivity contribution in [1.29, 1.82) is 0 Å². The average molecular weight is 354 g/mol. The number of aryl methyl sites for hydroxylation is 1. The van der Waals surface area contributed by atoms with Crippen LogP contribution in [0.5, 0.6) is 0 Å². The molecule has 3 saturated carbocycles. The minimum absolute atomic E-state index is 0.0996. The van der Waals surface area contributed by atoms with Crippen molar-refractivity contribution in [2.24, 2.45) is 34.3 Å². The fourth-order valence-corrected chi connectivity index (χ4v) is 7.78. The van der Waals surface area contributed by atoms with E-state index in [1.807, 2.05) is 6.07 Å². The first kappa shape index (κ1) is 16.8. The summed E-state index contributed by atoms with van der Waals surface area (Å²) >= 11 is 0. The van der Waals surface area contributed by atoms with Crippen molar-refractivity contribution in [3.63, 3.8) is 0 Å². The van der Waals surface area contributed by atoms with Gasteiger partial charge in [0.05, 0.1) is 6.10 Å². The number of hydrogen-bond donors (Lipinski definition) is 2. The zero-order chi connectivity index (χ0) is 18.3. The molecule has 2 bridgehead atoms. The van der Waals surface area contributed by atoms with Gasteiger partial charge in [-0.15, -0.1) is 0 Å². The molecule has 1 aromatic rings. The number of nitrogens with two attached hydrogens (primary N) is 1. The molecule has 1 amide bonds. The molecule has 3 N–H and O–H groups in total. The second-order valence-electron chi connectivity index (χ2n) is 9.78. The Morgan fingerprint density at radius 2 is 2.12 bits per heavy atom. The van der Waals surface area contributed by atoms with Gasteiger partial charge in [0, 0.05) is 5.56 Å². The molecule has 5 rings (SSSR count). The SMILES string of the molecule is CC[C@H]1C[C@@]23C4CCc5cc(C(N)=O)ccc5[C@@H](CC[C@]2(C)[C@H]1O)CC43. The Bertz CT molecular complexity index is 773. The standard InChI is InChI=1S/C23H31NO2/c1-3-13-12-23-18-7-5-14-10-16(21(24)26)4-6-17(14)15(11-19(18)23)8-9-22(23,2)20(13)25/h4,6,10,13,15,18-20,25H,3,5,7-9,11-12H2,1-2H3,(H2,24,26)/t13-,15-,18?,19?,20-,22+,23-/m0/s1. The monoisotopic (exact) mass is 353 g/mol. The third-order valence-electron chi connectivity index (χ3n) is 9.13. The first-order valence-corrected chi connectivity index (χ1v) is 10.5. The van der Waals surface area contributed by atoms with E-state index in [-0.39, 0.29) is 17.4 Å². The van der Waals surface area contributed by atoms with E-state index < -0.39 is 0 Å². The van der Waals surface area contributed by atoms with Crippen LogP contribution >= 0.6 is 0 Å². The molecule has 3 fully saturated rings. The molecule has 1 aromatic carbocycles. The van der Waals surface area contributed by atoms with Gasteiger partial charge in [0.15, 0.2) is 0 Å². The van der Waals surface area contributed by atoms with Crippen LogP contribution in [0.3, 0.4) is 0 Å². The molecule has 3 nitrogen and oxygen atoms in total. The lowest BCUT2D eigenvalue weighted by Crippen LogP contribution is -2.37. The zero-order valence-electron chi connectivity index (χ0n) is 16.0. The largest absolute Gasteiger partial charge is 0.392 e. The van der Waals surface area contributed by atoms with E-state index in [1.165, 1.54) is 30.4 Å². The highest BCUT2D eigenvalue weighted by Crippen LogP contribution is 2.81. The summed E-state index contributed by atoms with van der Waals surface area (Å²) in [5.74, 6) is 2.28. The van der Waals surface area contributed by atoms with Crippen LogP contribution in [0.15, 0.2) is 18.2 Å². The number of carbonyl (C=O) groups is 1. The molecule has 0 heterocycles. The van der Waals surface area contributed by atoms with Gasteiger partial charge in [-0.2, -0.15) is 0 Å². The van der Waals surface area contributed by atoms with E-state index in [0.29, 0.717) is 22.8 Å². The number of amides is 1. The van der Waals surface area contributed by atoms with Crippen LogP contribution in [0.25, 0.3) is 0 Å². The van der Waals surface area contributed by atoms with Crippen molar-refractivity contribution < 1.29 is 9.90 Å². The Morgan fingerprint density at radius 1 is 1.31 bits per heavy atom. The molecular formula is C23H31NO2. The van der Waals surface area contributed by atoms with Gasteiger partial charge in [-0.1, -0.05) is 26.3 Å². The van der Waals surface area contributed by atoms with E-state index >= 15 is 0 Å². The first-order valence-electron chi connectivity index (χ1n) is 10.5. The number of fused-ring (bicyclic) bond motifs is 3. The molecule has 1 spiro atoms. The highest BCUT2D eigenvalue weighted by Gasteiger charge is 2.77. The van der Waals surface area contributed by atoms with Gasteiger partial charge in [0.1, 0.15) is 0 Å². The summed E-state index contributed by atoms with van der Waals surface area (Å²) in [6.45, 7) is 4.65. The fourth-order valence-electron chi connectivity index (χ4n) is 7.78. The van der Waals surface area contributed by atoms with Gasteiger partial charge in [0.25, 0.3) is 0 Å². The number of primary amides is 1. The van der Waals surface area contributed by atoms with Crippen LogP contribution in [-0.4, -0.2) is 17.1 Å². The van der Waals surface area contributed by atoms with Crippen LogP contribution in [-0.2, 0) is 6.42 Å². The van der Waals surface area contributed by atoms with Crippen molar-refractivity contribution in [3.05, 3.63) is 34.9 Å². The maximum atomic E-state index is 11.6. The minimum atomic E-state index is -0.323. The van der Waals surface area contributed by atoms with Gasteiger partial charge in [-0.3, -0.25) is 4.79 Å². The molecule has 7 atom stereocenters. The predicted octanol–water partition coefficient (Wildman–Crippen LogP) is 4.03. The molecule has 2 unspecified atom stereocenters. The smallest absolute Gasteiger partial charge is 0.248 e. The lowest BCUT2D eigenvalue weighted by molar-refractivity contribution is -0.00268. The van der Waals surface area contributed by atoms with E-state index in [9.17, 15) is 9.90 Å². The predicted molar refractivity (Wildman–Crippen MR) is 102 cm³/mol. The second kappa shape index (κ2) is 5.34. The summed E-state index contributed by atoms with van der Waals surface area (Å²) in [5, 5.41) is 11.2. The number of rotatable bonds is 2. The maximum absolute atomic E-state index is 11.6. The lowest BCUT2D eigenvalue weighted by Gasteiger charge is -2.37. The van der Waals surface area contributed by atoms with E-state index in [4.69, 9.17) is 5.73 Å². The summed E-state index contributed by atoms with van der Waals surface area (Å²) < 4.78 is 0. The summed E-state index contributed by atoms with van der Waals surface area (Å²) in [5.41, 5.74) is 9.43. The average Bonchev–Trinajstić information content (AvgIpc) is 3.20. The molecule has 140 valence electrons. The molecule has 0 saturated heterocycles. The Morgan fingerprint density at radius 3 is 2.85 bits per heavy atom. The fraction of sp³-hybridized carbons (Fsp3) is 0.696. The summed E-state index contributed by atoms with van der Waals surface area (Å²) in [6.07, 6.45) is 8.03. The molecule has 4 aliphatic rings. The topological polar surface area (TPSA) is 63.3 Å². The van der Waals surface area contributed by atoms with Crippen molar-refractivity contribution in [1.82, 2.24) is 0 Å². The van der Waals surface area contributed by atoms with Crippen molar-refractivity contribution in [2.45, 2.75) is 70.8 Å². The van der Waals surface area contributed by atoms with Gasteiger partial charge in [-0.05, 0) is 96.3 Å². The van der Waals surface area contributed by atoms with Gasteiger partial charge >= 0.3 is 0 Å². The number of aliphatic hydroxyl groups is 1. The van der Waals surface area contributed by atoms with Crippen molar-refractivity contribution >= 4 is 5.91 Å². The molecule has 3 heteroatoms. The molecule has 26 heavy (non-hydrogen) atoms. The van der Waals surface area contributed by atoms with E-state index in [2.05, 4.69) is 26.0 Å². The zero-order valence-corrected chi connectivity index (χ0v) is 16.0. The van der Waals surface area contributed by atoms with Gasteiger partial charge < -0.3 is 10.8 Å². The Balaban J connectivity index is 1.56. The number of carbonyl (C=O) groups excluding carboxylic acids is 1. The van der Waals surface area contributed by atoms with Gasteiger partial charge in [0.2, 0.25) is 5.91 Å².